The van der Waals surface area contributed by atoms with Crippen LogP contribution in [0.15, 0.2) is 18.2 Å². The smallest absolute Gasteiger partial charge is 0.338 e. The van der Waals surface area contributed by atoms with Crippen molar-refractivity contribution in [3.8, 4) is 6.07 Å². The molecule has 0 bridgehead atoms. The van der Waals surface area contributed by atoms with E-state index in [0.29, 0.717) is 22.2 Å². The monoisotopic (exact) mass is 200 g/mol. The molecule has 2 rings (SSSR count). The van der Waals surface area contributed by atoms with Crippen LogP contribution < -0.4 is 0 Å². The van der Waals surface area contributed by atoms with E-state index in [1.807, 2.05) is 6.07 Å². The first-order chi connectivity index (χ1) is 7.15. The maximum atomic E-state index is 11.0. The second kappa shape index (κ2) is 3.14. The van der Waals surface area contributed by atoms with Gasteiger partial charge in [0.1, 0.15) is 0 Å². The second-order valence-electron chi connectivity index (χ2n) is 3.27. The molecule has 0 saturated heterocycles. The molecule has 0 fully saturated rings. The number of aromatic carboxylic acids is 1. The van der Waals surface area contributed by atoms with Gasteiger partial charge in [0.2, 0.25) is 0 Å². The van der Waals surface area contributed by atoms with Crippen LogP contribution >= 0.6 is 0 Å². The number of rotatable bonds is 1. The molecule has 4 heteroatoms. The number of nitrogens with one attached hydrogen (secondary N) is 1. The predicted octanol–water partition coefficient (Wildman–Crippen LogP) is 2.05. The van der Waals surface area contributed by atoms with Crippen LogP contribution in [0.5, 0.6) is 0 Å². The number of H-pyrrole nitrogens is 1. The summed E-state index contributed by atoms with van der Waals surface area (Å²) < 4.78 is 0. The minimum atomic E-state index is -1.01. The third-order valence-corrected chi connectivity index (χ3v) is 2.35. The number of benzene rings is 1. The quantitative estimate of drug-likeness (QED) is 0.739. The zero-order valence-electron chi connectivity index (χ0n) is 8.03. The Hall–Kier alpha value is -2.28. The number of fused-ring (bicyclic) bond motifs is 1. The summed E-state index contributed by atoms with van der Waals surface area (Å²) in [6.45, 7) is 1.69. The summed E-state index contributed by atoms with van der Waals surface area (Å²) in [6.07, 6.45) is 0. The van der Waals surface area contributed by atoms with E-state index in [9.17, 15) is 4.79 Å². The number of aromatic nitrogens is 1. The molecule has 0 radical (unpaired) electrons. The van der Waals surface area contributed by atoms with Crippen LogP contribution in [0.1, 0.15) is 21.6 Å². The molecule has 1 aromatic carbocycles. The van der Waals surface area contributed by atoms with Crippen LogP contribution in [0.25, 0.3) is 10.9 Å². The summed E-state index contributed by atoms with van der Waals surface area (Å²) in [5.74, 6) is -1.01. The molecule has 1 aromatic heterocycles. The van der Waals surface area contributed by atoms with Gasteiger partial charge in [-0.25, -0.2) is 4.79 Å². The molecule has 0 spiro atoms. The van der Waals surface area contributed by atoms with Gasteiger partial charge in [-0.1, -0.05) is 6.07 Å². The van der Waals surface area contributed by atoms with Gasteiger partial charge < -0.3 is 10.1 Å². The summed E-state index contributed by atoms with van der Waals surface area (Å²) in [5.41, 5.74) is 1.82. The highest BCUT2D eigenvalue weighted by Gasteiger charge is 2.17. The number of carbonyl (C=O) groups is 1. The minimum Gasteiger partial charge on any atom is -0.478 e. The highest BCUT2D eigenvalue weighted by molar-refractivity contribution is 6.06. The molecular weight excluding hydrogens is 192 g/mol. The van der Waals surface area contributed by atoms with Gasteiger partial charge in [0, 0.05) is 16.6 Å². The predicted molar refractivity (Wildman–Crippen MR) is 54.7 cm³/mol. The Morgan fingerprint density at radius 3 is 2.87 bits per heavy atom. The fourth-order valence-corrected chi connectivity index (χ4v) is 1.74. The third kappa shape index (κ3) is 1.25. The number of nitrogens with zero attached hydrogens (tertiary/aromatic N) is 1. The molecule has 2 aromatic rings. The highest BCUT2D eigenvalue weighted by atomic mass is 16.4. The summed E-state index contributed by atoms with van der Waals surface area (Å²) in [7, 11) is 0. The SMILES string of the molecule is Cc1[nH]c2cccc(C#N)c2c1C(=O)O. The standard InChI is InChI=1S/C11H8N2O2/c1-6-9(11(14)15)10-7(5-12)3-2-4-8(10)13-6/h2-4,13H,1H3,(H,14,15). The molecule has 0 atom stereocenters. The van der Waals surface area contributed by atoms with Crippen LogP contribution in [-0.2, 0) is 0 Å². The van der Waals surface area contributed by atoms with E-state index in [1.54, 1.807) is 25.1 Å². The van der Waals surface area contributed by atoms with Gasteiger partial charge in [0.15, 0.2) is 0 Å². The average Bonchev–Trinajstić information content (AvgIpc) is 2.53. The van der Waals surface area contributed by atoms with Crippen molar-refractivity contribution >= 4 is 16.9 Å². The van der Waals surface area contributed by atoms with Gasteiger partial charge in [0.05, 0.1) is 17.2 Å². The lowest BCUT2D eigenvalue weighted by molar-refractivity contribution is 0.0698. The van der Waals surface area contributed by atoms with Gasteiger partial charge >= 0.3 is 5.97 Å². The van der Waals surface area contributed by atoms with Crippen LogP contribution in [0.3, 0.4) is 0 Å². The number of hydrogen-bond donors (Lipinski definition) is 2. The zero-order valence-corrected chi connectivity index (χ0v) is 8.03. The molecule has 4 nitrogen and oxygen atoms in total. The Kier molecular flexibility index (Phi) is 1.94. The van der Waals surface area contributed by atoms with E-state index in [-0.39, 0.29) is 5.56 Å². The van der Waals surface area contributed by atoms with E-state index in [0.717, 1.165) is 0 Å². The zero-order chi connectivity index (χ0) is 11.0. The number of nitriles is 1. The van der Waals surface area contributed by atoms with E-state index in [2.05, 4.69) is 4.98 Å². The molecule has 0 amide bonds. The minimum absolute atomic E-state index is 0.183. The number of carboxylic acid groups (broad SMARTS) is 1. The number of hydrogen-bond acceptors (Lipinski definition) is 2. The topological polar surface area (TPSA) is 76.9 Å². The van der Waals surface area contributed by atoms with Crippen molar-refractivity contribution in [1.29, 1.82) is 5.26 Å². The molecule has 0 aliphatic carbocycles. The number of aromatic amines is 1. The summed E-state index contributed by atoms with van der Waals surface area (Å²) in [6, 6.07) is 7.09. The lowest BCUT2D eigenvalue weighted by Crippen LogP contribution is -1.98. The van der Waals surface area contributed by atoms with Crippen molar-refractivity contribution in [1.82, 2.24) is 4.98 Å². The average molecular weight is 200 g/mol. The molecule has 0 saturated carbocycles. The van der Waals surface area contributed by atoms with Crippen LogP contribution in [0.4, 0.5) is 0 Å². The summed E-state index contributed by atoms with van der Waals surface area (Å²) in [5, 5.41) is 18.4. The van der Waals surface area contributed by atoms with Crippen molar-refractivity contribution in [3.05, 3.63) is 35.0 Å². The van der Waals surface area contributed by atoms with E-state index >= 15 is 0 Å². The molecule has 15 heavy (non-hydrogen) atoms. The maximum Gasteiger partial charge on any atom is 0.338 e. The second-order valence-corrected chi connectivity index (χ2v) is 3.27. The largest absolute Gasteiger partial charge is 0.478 e. The first-order valence-corrected chi connectivity index (χ1v) is 4.40. The Morgan fingerprint density at radius 1 is 1.53 bits per heavy atom. The normalized spacial score (nSPS) is 10.1. The van der Waals surface area contributed by atoms with Gasteiger partial charge in [-0.3, -0.25) is 0 Å². The lowest BCUT2D eigenvalue weighted by Gasteiger charge is -1.95. The Morgan fingerprint density at radius 2 is 2.27 bits per heavy atom. The summed E-state index contributed by atoms with van der Waals surface area (Å²) in [4.78, 5) is 14.0. The molecule has 74 valence electrons. The van der Waals surface area contributed by atoms with Crippen LogP contribution in [0, 0.1) is 18.3 Å². The highest BCUT2D eigenvalue weighted by Crippen LogP contribution is 2.25. The Balaban J connectivity index is 2.97. The Labute approximate surface area is 85.8 Å². The first kappa shape index (κ1) is 9.28. The van der Waals surface area contributed by atoms with Crippen molar-refractivity contribution in [3.63, 3.8) is 0 Å². The van der Waals surface area contributed by atoms with Gasteiger partial charge in [-0.2, -0.15) is 5.26 Å². The van der Waals surface area contributed by atoms with Crippen molar-refractivity contribution in [2.75, 3.05) is 0 Å². The molecule has 0 aliphatic heterocycles. The molecule has 0 unspecified atom stereocenters. The van der Waals surface area contributed by atoms with E-state index < -0.39 is 5.97 Å². The first-order valence-electron chi connectivity index (χ1n) is 4.40. The van der Waals surface area contributed by atoms with Crippen molar-refractivity contribution in [2.24, 2.45) is 0 Å². The molecular formula is C11H8N2O2. The van der Waals surface area contributed by atoms with Crippen molar-refractivity contribution < 1.29 is 9.90 Å². The maximum absolute atomic E-state index is 11.0. The van der Waals surface area contributed by atoms with Gasteiger partial charge in [0.25, 0.3) is 0 Å². The van der Waals surface area contributed by atoms with E-state index in [1.165, 1.54) is 0 Å². The molecule has 1 heterocycles. The fourth-order valence-electron chi connectivity index (χ4n) is 1.74. The lowest BCUT2D eigenvalue weighted by atomic mass is 10.1. The Bertz CT molecular complexity index is 590. The summed E-state index contributed by atoms with van der Waals surface area (Å²) >= 11 is 0. The fraction of sp³-hybridized carbons (Fsp3) is 0.0909. The number of aryl methyl sites for hydroxylation is 1. The molecule has 2 N–H and O–H groups in total. The van der Waals surface area contributed by atoms with E-state index in [4.69, 9.17) is 10.4 Å². The van der Waals surface area contributed by atoms with Gasteiger partial charge in [-0.15, -0.1) is 0 Å². The van der Waals surface area contributed by atoms with Crippen molar-refractivity contribution in [2.45, 2.75) is 6.92 Å². The van der Waals surface area contributed by atoms with Crippen LogP contribution in [-0.4, -0.2) is 16.1 Å². The van der Waals surface area contributed by atoms with Gasteiger partial charge in [-0.05, 0) is 19.1 Å². The van der Waals surface area contributed by atoms with Crippen LogP contribution in [0.2, 0.25) is 0 Å². The molecule has 0 aliphatic rings. The third-order valence-electron chi connectivity index (χ3n) is 2.35. The number of carboxylic acids is 1.